The van der Waals surface area contributed by atoms with Gasteiger partial charge in [-0.1, -0.05) is 0 Å². The van der Waals surface area contributed by atoms with Crippen LogP contribution in [0.4, 0.5) is 11.8 Å². The summed E-state index contributed by atoms with van der Waals surface area (Å²) < 4.78 is 6.84. The van der Waals surface area contributed by atoms with E-state index in [4.69, 9.17) is 9.72 Å². The third kappa shape index (κ3) is 3.61. The third-order valence-corrected chi connectivity index (χ3v) is 5.33. The first kappa shape index (κ1) is 18.5. The van der Waals surface area contributed by atoms with Gasteiger partial charge in [-0.15, -0.1) is 5.10 Å². The van der Waals surface area contributed by atoms with Gasteiger partial charge in [0.05, 0.1) is 7.11 Å². The van der Waals surface area contributed by atoms with Crippen LogP contribution in [0.15, 0.2) is 12.3 Å². The summed E-state index contributed by atoms with van der Waals surface area (Å²) in [7, 11) is 3.32. The van der Waals surface area contributed by atoms with Crippen molar-refractivity contribution in [2.45, 2.75) is 19.8 Å². The first-order valence-corrected chi connectivity index (χ1v) is 9.77. The quantitative estimate of drug-likeness (QED) is 0.779. The highest BCUT2D eigenvalue weighted by molar-refractivity contribution is 5.96. The summed E-state index contributed by atoms with van der Waals surface area (Å²) in [5.41, 5.74) is 1.48. The van der Waals surface area contributed by atoms with Gasteiger partial charge >= 0.3 is 0 Å². The van der Waals surface area contributed by atoms with E-state index in [0.717, 1.165) is 43.6 Å². The number of methoxy groups -OCH3 is 1. The Morgan fingerprint density at radius 1 is 1.04 bits per heavy atom. The standard InChI is InChI=1S/C19H27N7O2/c1-14-12-16(21-19(20-14)26-6-4-5-7-26)24-8-10-25(11-9-24)18(27)15-13-23(2)22-17(15)28-3/h12-13H,4-11H2,1-3H3. The number of aromatic nitrogens is 4. The van der Waals surface area contributed by atoms with Crippen LogP contribution >= 0.6 is 0 Å². The van der Waals surface area contributed by atoms with Crippen LogP contribution in [0.5, 0.6) is 5.88 Å². The average Bonchev–Trinajstić information content (AvgIpc) is 3.36. The van der Waals surface area contributed by atoms with E-state index in [0.29, 0.717) is 24.5 Å². The molecule has 2 aliphatic rings. The molecule has 0 aliphatic carbocycles. The van der Waals surface area contributed by atoms with Crippen LogP contribution in [0.3, 0.4) is 0 Å². The van der Waals surface area contributed by atoms with Crippen molar-refractivity contribution in [3.63, 3.8) is 0 Å². The number of nitrogens with zero attached hydrogens (tertiary/aromatic N) is 7. The summed E-state index contributed by atoms with van der Waals surface area (Å²) in [4.78, 5) is 28.6. The molecule has 0 spiro atoms. The van der Waals surface area contributed by atoms with Crippen molar-refractivity contribution in [1.82, 2.24) is 24.6 Å². The molecule has 2 aliphatic heterocycles. The number of ether oxygens (including phenoxy) is 1. The molecular formula is C19H27N7O2. The molecule has 9 heteroatoms. The number of carbonyl (C=O) groups excluding carboxylic acids is 1. The van der Waals surface area contributed by atoms with Gasteiger partial charge in [0.25, 0.3) is 5.91 Å². The SMILES string of the molecule is COc1nn(C)cc1C(=O)N1CCN(c2cc(C)nc(N3CCCC3)n2)CC1. The Morgan fingerprint density at radius 2 is 1.75 bits per heavy atom. The van der Waals surface area contributed by atoms with Gasteiger partial charge in [0.15, 0.2) is 0 Å². The van der Waals surface area contributed by atoms with Crippen molar-refractivity contribution in [3.8, 4) is 5.88 Å². The maximum absolute atomic E-state index is 12.9. The summed E-state index contributed by atoms with van der Waals surface area (Å²) in [6.45, 7) is 6.82. The van der Waals surface area contributed by atoms with Gasteiger partial charge < -0.3 is 19.4 Å². The van der Waals surface area contributed by atoms with Gasteiger partial charge in [0.1, 0.15) is 11.4 Å². The lowest BCUT2D eigenvalue weighted by molar-refractivity contribution is 0.0743. The first-order valence-electron chi connectivity index (χ1n) is 9.77. The second-order valence-corrected chi connectivity index (χ2v) is 7.37. The zero-order valence-corrected chi connectivity index (χ0v) is 16.8. The Hall–Kier alpha value is -2.84. The molecule has 0 atom stereocenters. The van der Waals surface area contributed by atoms with Crippen LogP contribution in [-0.2, 0) is 7.05 Å². The van der Waals surface area contributed by atoms with E-state index in [1.54, 1.807) is 17.9 Å². The second kappa shape index (κ2) is 7.65. The summed E-state index contributed by atoms with van der Waals surface area (Å²) in [5, 5.41) is 4.18. The lowest BCUT2D eigenvalue weighted by Gasteiger charge is -2.35. The summed E-state index contributed by atoms with van der Waals surface area (Å²) >= 11 is 0. The number of aryl methyl sites for hydroxylation is 2. The summed E-state index contributed by atoms with van der Waals surface area (Å²) in [6.07, 6.45) is 4.11. The van der Waals surface area contributed by atoms with Crippen LogP contribution in [0.1, 0.15) is 28.9 Å². The molecule has 1 amide bonds. The molecule has 0 N–H and O–H groups in total. The third-order valence-electron chi connectivity index (χ3n) is 5.33. The number of anilines is 2. The lowest BCUT2D eigenvalue weighted by Crippen LogP contribution is -2.49. The zero-order chi connectivity index (χ0) is 19.7. The molecule has 0 unspecified atom stereocenters. The molecule has 0 aromatic carbocycles. The highest BCUT2D eigenvalue weighted by Crippen LogP contribution is 2.23. The Bertz CT molecular complexity index is 852. The van der Waals surface area contributed by atoms with Crippen molar-refractivity contribution in [2.75, 3.05) is 56.2 Å². The molecule has 2 fully saturated rings. The minimum Gasteiger partial charge on any atom is -0.479 e. The normalized spacial score (nSPS) is 17.3. The molecule has 2 aromatic rings. The highest BCUT2D eigenvalue weighted by Gasteiger charge is 2.27. The topological polar surface area (TPSA) is 79.6 Å². The van der Waals surface area contributed by atoms with Crippen LogP contribution in [0.2, 0.25) is 0 Å². The van der Waals surface area contributed by atoms with Gasteiger partial charge in [0.2, 0.25) is 11.8 Å². The molecule has 0 bridgehead atoms. The van der Waals surface area contributed by atoms with Gasteiger partial charge in [-0.05, 0) is 19.8 Å². The summed E-state index contributed by atoms with van der Waals surface area (Å²) in [6, 6.07) is 2.03. The fraction of sp³-hybridized carbons (Fsp3) is 0.579. The zero-order valence-electron chi connectivity index (χ0n) is 16.8. The number of piperazine rings is 1. The van der Waals surface area contributed by atoms with Gasteiger partial charge in [0, 0.05) is 64.3 Å². The molecule has 2 aromatic heterocycles. The Kier molecular flexibility index (Phi) is 5.06. The smallest absolute Gasteiger partial charge is 0.261 e. The van der Waals surface area contributed by atoms with E-state index in [1.807, 2.05) is 17.9 Å². The van der Waals surface area contributed by atoms with E-state index in [2.05, 4.69) is 19.9 Å². The average molecular weight is 385 g/mol. The van der Waals surface area contributed by atoms with Crippen molar-refractivity contribution in [1.29, 1.82) is 0 Å². The monoisotopic (exact) mass is 385 g/mol. The van der Waals surface area contributed by atoms with Crippen molar-refractivity contribution < 1.29 is 9.53 Å². The minimum atomic E-state index is -0.0405. The molecule has 9 nitrogen and oxygen atoms in total. The van der Waals surface area contributed by atoms with Crippen molar-refractivity contribution in [3.05, 3.63) is 23.5 Å². The van der Waals surface area contributed by atoms with Crippen LogP contribution < -0.4 is 14.5 Å². The van der Waals surface area contributed by atoms with Crippen molar-refractivity contribution >= 4 is 17.7 Å². The second-order valence-electron chi connectivity index (χ2n) is 7.37. The number of carbonyl (C=O) groups is 1. The highest BCUT2D eigenvalue weighted by atomic mass is 16.5. The van der Waals surface area contributed by atoms with Gasteiger partial charge in [-0.2, -0.15) is 4.98 Å². The Balaban J connectivity index is 1.44. The molecule has 0 saturated carbocycles. The van der Waals surface area contributed by atoms with E-state index >= 15 is 0 Å². The predicted octanol–water partition coefficient (Wildman–Crippen LogP) is 1.09. The molecule has 0 radical (unpaired) electrons. The first-order chi connectivity index (χ1) is 13.5. The van der Waals surface area contributed by atoms with Crippen LogP contribution in [0, 0.1) is 6.92 Å². The predicted molar refractivity (Wildman–Crippen MR) is 106 cm³/mol. The van der Waals surface area contributed by atoms with E-state index in [9.17, 15) is 4.79 Å². The maximum atomic E-state index is 12.9. The van der Waals surface area contributed by atoms with Crippen molar-refractivity contribution in [2.24, 2.45) is 7.05 Å². The number of hydrogen-bond acceptors (Lipinski definition) is 7. The Morgan fingerprint density at radius 3 is 2.43 bits per heavy atom. The molecule has 150 valence electrons. The summed E-state index contributed by atoms with van der Waals surface area (Å²) in [5.74, 6) is 2.10. The largest absolute Gasteiger partial charge is 0.479 e. The minimum absolute atomic E-state index is 0.0405. The maximum Gasteiger partial charge on any atom is 0.261 e. The van der Waals surface area contributed by atoms with Crippen LogP contribution in [-0.4, -0.2) is 76.9 Å². The fourth-order valence-corrected chi connectivity index (χ4v) is 3.83. The lowest BCUT2D eigenvalue weighted by atomic mass is 10.2. The van der Waals surface area contributed by atoms with Gasteiger partial charge in [-0.25, -0.2) is 4.98 Å². The van der Waals surface area contributed by atoms with E-state index in [1.165, 1.54) is 20.0 Å². The molecule has 28 heavy (non-hydrogen) atoms. The number of amides is 1. The molecule has 2 saturated heterocycles. The van der Waals surface area contributed by atoms with E-state index < -0.39 is 0 Å². The molecule has 4 heterocycles. The molecular weight excluding hydrogens is 358 g/mol. The number of hydrogen-bond donors (Lipinski definition) is 0. The number of rotatable bonds is 4. The van der Waals surface area contributed by atoms with Gasteiger partial charge in [-0.3, -0.25) is 9.48 Å². The molecule has 4 rings (SSSR count). The fourth-order valence-electron chi connectivity index (χ4n) is 3.83. The van der Waals surface area contributed by atoms with Crippen LogP contribution in [0.25, 0.3) is 0 Å². The Labute approximate surface area is 164 Å². The van der Waals surface area contributed by atoms with E-state index in [-0.39, 0.29) is 5.91 Å².